The van der Waals surface area contributed by atoms with Crippen molar-refractivity contribution in [3.63, 3.8) is 0 Å². The van der Waals surface area contributed by atoms with Crippen molar-refractivity contribution in [2.75, 3.05) is 7.11 Å². The van der Waals surface area contributed by atoms with Gasteiger partial charge in [-0.25, -0.2) is 4.57 Å². The zero-order chi connectivity index (χ0) is 15.4. The van der Waals surface area contributed by atoms with Crippen LogP contribution in [0.2, 0.25) is 0 Å². The van der Waals surface area contributed by atoms with Gasteiger partial charge in [0.1, 0.15) is 5.75 Å². The van der Waals surface area contributed by atoms with Crippen LogP contribution in [0.4, 0.5) is 0 Å². The first-order valence-corrected chi connectivity index (χ1v) is 7.70. The third-order valence-corrected chi connectivity index (χ3v) is 4.17. The Hall–Kier alpha value is -2.05. The van der Waals surface area contributed by atoms with Crippen molar-refractivity contribution in [2.24, 2.45) is 0 Å². The molecule has 118 valence electrons. The first-order valence-electron chi connectivity index (χ1n) is 6.82. The summed E-state index contributed by atoms with van der Waals surface area (Å²) in [5.41, 5.74) is 1.58. The number of rotatable bonds is 5. The van der Waals surface area contributed by atoms with Crippen LogP contribution >= 0.6 is 11.3 Å². The van der Waals surface area contributed by atoms with Crippen LogP contribution in [0.1, 0.15) is 10.4 Å². The van der Waals surface area contributed by atoms with Gasteiger partial charge in [0.15, 0.2) is 12.2 Å². The lowest BCUT2D eigenvalue weighted by Crippen LogP contribution is -3.00. The van der Waals surface area contributed by atoms with E-state index in [4.69, 9.17) is 4.74 Å². The minimum atomic E-state index is 0. The molecule has 2 aromatic heterocycles. The van der Waals surface area contributed by atoms with E-state index < -0.39 is 0 Å². The number of thiophene rings is 1. The van der Waals surface area contributed by atoms with Gasteiger partial charge in [-0.1, -0.05) is 6.07 Å². The molecule has 0 bridgehead atoms. The van der Waals surface area contributed by atoms with Crippen molar-refractivity contribution in [3.8, 4) is 16.3 Å². The number of aromatic nitrogens is 2. The van der Waals surface area contributed by atoms with Gasteiger partial charge < -0.3 is 21.7 Å². The molecule has 0 radical (unpaired) electrons. The van der Waals surface area contributed by atoms with E-state index in [1.54, 1.807) is 53.6 Å². The van der Waals surface area contributed by atoms with Gasteiger partial charge in [0.05, 0.1) is 18.2 Å². The zero-order valence-electron chi connectivity index (χ0n) is 12.5. The summed E-state index contributed by atoms with van der Waals surface area (Å²) in [4.78, 5) is 17.8. The van der Waals surface area contributed by atoms with E-state index in [0.29, 0.717) is 5.56 Å². The molecule has 0 aliphatic rings. The van der Waals surface area contributed by atoms with E-state index in [-0.39, 0.29) is 29.3 Å². The molecule has 4 nitrogen and oxygen atoms in total. The number of halogens is 1. The Bertz CT molecular complexity index is 756. The minimum absolute atomic E-state index is 0. The van der Waals surface area contributed by atoms with Crippen molar-refractivity contribution < 1.29 is 31.1 Å². The molecular formula is C17H15BrN2O2S. The number of Topliss-reactive ketones (excluding diaryl/α,β-unsaturated/α-hetero) is 1. The van der Waals surface area contributed by atoms with Crippen molar-refractivity contribution in [1.29, 1.82) is 0 Å². The highest BCUT2D eigenvalue weighted by Gasteiger charge is 2.12. The SMILES string of the molecule is COc1ccc(C(=O)C[n+]2ccc(-c3cccs3)nc2)cc1.[Br-]. The Labute approximate surface area is 149 Å². The standard InChI is InChI=1S/C17H15N2O2S.BrH/c1-21-14-6-4-13(5-7-14)16(20)11-19-9-8-15(18-12-19)17-3-2-10-22-17;/h2-10,12H,11H2,1H3;1H/q+1;/p-1. The molecule has 0 aliphatic heterocycles. The van der Waals surface area contributed by atoms with E-state index in [0.717, 1.165) is 16.3 Å². The summed E-state index contributed by atoms with van der Waals surface area (Å²) in [6.07, 6.45) is 3.57. The zero-order valence-corrected chi connectivity index (χ0v) is 14.9. The summed E-state index contributed by atoms with van der Waals surface area (Å²) >= 11 is 1.65. The third kappa shape index (κ3) is 4.24. The van der Waals surface area contributed by atoms with E-state index in [2.05, 4.69) is 4.98 Å². The molecule has 23 heavy (non-hydrogen) atoms. The number of methoxy groups -OCH3 is 1. The molecule has 3 rings (SSSR count). The normalized spacial score (nSPS) is 9.96. The first-order chi connectivity index (χ1) is 10.8. The summed E-state index contributed by atoms with van der Waals surface area (Å²) in [7, 11) is 1.60. The molecule has 2 heterocycles. The molecule has 0 aliphatic carbocycles. The number of carbonyl (C=O) groups is 1. The third-order valence-electron chi connectivity index (χ3n) is 3.28. The molecule has 0 fully saturated rings. The lowest BCUT2D eigenvalue weighted by atomic mass is 10.1. The Morgan fingerprint density at radius 3 is 2.57 bits per heavy atom. The van der Waals surface area contributed by atoms with E-state index in [9.17, 15) is 4.79 Å². The summed E-state index contributed by atoms with van der Waals surface area (Å²) in [6, 6.07) is 13.1. The molecule has 0 unspecified atom stereocenters. The predicted molar refractivity (Wildman–Crippen MR) is 85.1 cm³/mol. The molecule has 0 saturated heterocycles. The smallest absolute Gasteiger partial charge is 0.287 e. The number of ether oxygens (including phenoxy) is 1. The van der Waals surface area contributed by atoms with Gasteiger partial charge in [0.2, 0.25) is 5.78 Å². The maximum absolute atomic E-state index is 12.2. The average molecular weight is 391 g/mol. The second-order valence-electron chi connectivity index (χ2n) is 4.75. The van der Waals surface area contributed by atoms with Crippen LogP contribution in [0.5, 0.6) is 5.75 Å². The maximum Gasteiger partial charge on any atom is 0.287 e. The Morgan fingerprint density at radius 2 is 2.00 bits per heavy atom. The highest BCUT2D eigenvalue weighted by atomic mass is 79.9. The molecule has 1 aromatic carbocycles. The van der Waals surface area contributed by atoms with Crippen LogP contribution in [0.3, 0.4) is 0 Å². The molecule has 0 N–H and O–H groups in total. The molecule has 6 heteroatoms. The molecule has 0 amide bonds. The van der Waals surface area contributed by atoms with Gasteiger partial charge in [-0.2, -0.15) is 0 Å². The largest absolute Gasteiger partial charge is 1.00 e. The Kier molecular flexibility index (Phi) is 6.01. The van der Waals surface area contributed by atoms with E-state index >= 15 is 0 Å². The average Bonchev–Trinajstić information content (AvgIpc) is 3.10. The van der Waals surface area contributed by atoms with Crippen LogP contribution in [-0.4, -0.2) is 17.9 Å². The van der Waals surface area contributed by atoms with Crippen molar-refractivity contribution >= 4 is 17.1 Å². The van der Waals surface area contributed by atoms with Crippen molar-refractivity contribution in [1.82, 2.24) is 4.98 Å². The summed E-state index contributed by atoms with van der Waals surface area (Å²) in [5.74, 6) is 0.782. The second kappa shape index (κ2) is 7.99. The number of carbonyl (C=O) groups excluding carboxylic acids is 1. The van der Waals surface area contributed by atoms with Gasteiger partial charge in [-0.15, -0.1) is 11.3 Å². The van der Waals surface area contributed by atoms with Crippen LogP contribution in [-0.2, 0) is 6.54 Å². The Morgan fingerprint density at radius 1 is 1.22 bits per heavy atom. The van der Waals surface area contributed by atoms with Crippen molar-refractivity contribution in [3.05, 3.63) is 65.9 Å². The van der Waals surface area contributed by atoms with Gasteiger partial charge in [-0.3, -0.25) is 4.79 Å². The van der Waals surface area contributed by atoms with Gasteiger partial charge in [0.25, 0.3) is 6.33 Å². The fourth-order valence-electron chi connectivity index (χ4n) is 2.08. The highest BCUT2D eigenvalue weighted by molar-refractivity contribution is 7.13. The number of hydrogen-bond acceptors (Lipinski definition) is 4. The molecule has 3 aromatic rings. The lowest BCUT2D eigenvalue weighted by molar-refractivity contribution is -0.686. The monoisotopic (exact) mass is 390 g/mol. The number of benzene rings is 1. The number of nitrogens with zero attached hydrogens (tertiary/aromatic N) is 2. The topological polar surface area (TPSA) is 43.1 Å². The highest BCUT2D eigenvalue weighted by Crippen LogP contribution is 2.20. The van der Waals surface area contributed by atoms with Crippen LogP contribution < -0.4 is 26.3 Å². The van der Waals surface area contributed by atoms with Crippen molar-refractivity contribution in [2.45, 2.75) is 6.54 Å². The summed E-state index contributed by atoms with van der Waals surface area (Å²) < 4.78 is 6.87. The fraction of sp³-hybridized carbons (Fsp3) is 0.118. The molecular weight excluding hydrogens is 376 g/mol. The van der Waals surface area contributed by atoms with Crippen LogP contribution in [0.25, 0.3) is 10.6 Å². The molecule has 0 atom stereocenters. The fourth-order valence-corrected chi connectivity index (χ4v) is 2.78. The van der Waals surface area contributed by atoms with E-state index in [1.165, 1.54) is 0 Å². The van der Waals surface area contributed by atoms with Gasteiger partial charge >= 0.3 is 0 Å². The lowest BCUT2D eigenvalue weighted by Gasteiger charge is -2.02. The predicted octanol–water partition coefficient (Wildman–Crippen LogP) is -0.00690. The second-order valence-corrected chi connectivity index (χ2v) is 5.69. The quantitative estimate of drug-likeness (QED) is 0.454. The summed E-state index contributed by atoms with van der Waals surface area (Å²) in [6.45, 7) is 0.268. The van der Waals surface area contributed by atoms with Gasteiger partial charge in [0, 0.05) is 11.6 Å². The van der Waals surface area contributed by atoms with E-state index in [1.807, 2.05) is 29.8 Å². The molecule has 0 saturated carbocycles. The van der Waals surface area contributed by atoms with Crippen LogP contribution in [0, 0.1) is 0 Å². The number of hydrogen-bond donors (Lipinski definition) is 0. The Balaban J connectivity index is 0.00000192. The minimum Gasteiger partial charge on any atom is -1.00 e. The van der Waals surface area contributed by atoms with Gasteiger partial charge in [-0.05, 0) is 40.7 Å². The first kappa shape index (κ1) is 17.3. The molecule has 0 spiro atoms. The number of ketones is 1. The maximum atomic E-state index is 12.2. The van der Waals surface area contributed by atoms with Crippen LogP contribution in [0.15, 0.2) is 60.4 Å². The summed E-state index contributed by atoms with van der Waals surface area (Å²) in [5, 5.41) is 2.02.